The van der Waals surface area contributed by atoms with Gasteiger partial charge in [0, 0.05) is 22.5 Å². The summed E-state index contributed by atoms with van der Waals surface area (Å²) < 4.78 is 0. The number of halogens is 1. The van der Waals surface area contributed by atoms with Crippen molar-refractivity contribution in [3.05, 3.63) is 35.0 Å². The van der Waals surface area contributed by atoms with Crippen molar-refractivity contribution in [3.8, 4) is 0 Å². The van der Waals surface area contributed by atoms with Gasteiger partial charge in [0.2, 0.25) is 0 Å². The Bertz CT molecular complexity index is 598. The Labute approximate surface area is 103 Å². The van der Waals surface area contributed by atoms with Crippen molar-refractivity contribution in [3.63, 3.8) is 0 Å². The van der Waals surface area contributed by atoms with Gasteiger partial charge in [0.25, 0.3) is 0 Å². The summed E-state index contributed by atoms with van der Waals surface area (Å²) in [6, 6.07) is 5.99. The first-order valence-electron chi connectivity index (χ1n) is 5.60. The van der Waals surface area contributed by atoms with E-state index >= 15 is 0 Å². The monoisotopic (exact) mass is 249 g/mol. The van der Waals surface area contributed by atoms with E-state index in [4.69, 9.17) is 16.7 Å². The number of carboxylic acid groups (broad SMARTS) is 1. The predicted octanol–water partition coefficient (Wildman–Crippen LogP) is 3.33. The fourth-order valence-electron chi connectivity index (χ4n) is 2.42. The van der Waals surface area contributed by atoms with Crippen molar-refractivity contribution < 1.29 is 9.90 Å². The molecule has 1 aliphatic carbocycles. The van der Waals surface area contributed by atoms with E-state index in [1.165, 1.54) is 0 Å². The summed E-state index contributed by atoms with van der Waals surface area (Å²) in [5, 5.41) is 10.6. The van der Waals surface area contributed by atoms with Crippen molar-refractivity contribution in [1.82, 2.24) is 4.98 Å². The molecule has 2 N–H and O–H groups in total. The summed E-state index contributed by atoms with van der Waals surface area (Å²) in [5.74, 6) is -0.734. The molecule has 1 saturated carbocycles. The minimum atomic E-state index is -0.734. The van der Waals surface area contributed by atoms with Crippen molar-refractivity contribution in [1.29, 1.82) is 0 Å². The normalized spacial score (nSPS) is 17.2. The first kappa shape index (κ1) is 10.7. The molecule has 2 aromatic rings. The third-order valence-corrected chi connectivity index (χ3v) is 3.90. The molecule has 0 radical (unpaired) electrons. The maximum atomic E-state index is 10.9. The molecule has 0 atom stereocenters. The van der Waals surface area contributed by atoms with E-state index in [9.17, 15) is 4.79 Å². The van der Waals surface area contributed by atoms with Crippen molar-refractivity contribution in [2.75, 3.05) is 0 Å². The maximum Gasteiger partial charge on any atom is 0.304 e. The third-order valence-electron chi connectivity index (χ3n) is 3.59. The minimum absolute atomic E-state index is 0.152. The first-order valence-corrected chi connectivity index (χ1v) is 5.97. The van der Waals surface area contributed by atoms with Crippen LogP contribution in [0.4, 0.5) is 0 Å². The third kappa shape index (κ3) is 1.71. The summed E-state index contributed by atoms with van der Waals surface area (Å²) in [7, 11) is 0. The van der Waals surface area contributed by atoms with Gasteiger partial charge in [-0.2, -0.15) is 0 Å². The number of hydrogen-bond donors (Lipinski definition) is 2. The largest absolute Gasteiger partial charge is 0.481 e. The van der Waals surface area contributed by atoms with Crippen molar-refractivity contribution >= 4 is 28.5 Å². The highest BCUT2D eigenvalue weighted by molar-refractivity contribution is 6.35. The average molecular weight is 250 g/mol. The Morgan fingerprint density at radius 3 is 2.88 bits per heavy atom. The van der Waals surface area contributed by atoms with Gasteiger partial charge in [0.15, 0.2) is 0 Å². The van der Waals surface area contributed by atoms with Crippen LogP contribution < -0.4 is 0 Å². The number of carboxylic acids is 1. The Hall–Kier alpha value is -1.48. The first-order chi connectivity index (χ1) is 8.11. The van der Waals surface area contributed by atoms with E-state index in [1.54, 1.807) is 6.20 Å². The zero-order chi connectivity index (χ0) is 12.0. The number of nitrogens with one attached hydrogen (secondary N) is 1. The second kappa shape index (κ2) is 3.50. The summed E-state index contributed by atoms with van der Waals surface area (Å²) >= 11 is 6.07. The second-order valence-corrected chi connectivity index (χ2v) is 5.16. The van der Waals surface area contributed by atoms with Gasteiger partial charge in [-0.15, -0.1) is 0 Å². The molecule has 0 bridgehead atoms. The number of H-pyrrole nitrogens is 1. The van der Waals surface area contributed by atoms with Gasteiger partial charge in [-0.25, -0.2) is 0 Å². The smallest absolute Gasteiger partial charge is 0.304 e. The Kier molecular flexibility index (Phi) is 2.20. The van der Waals surface area contributed by atoms with Gasteiger partial charge in [0.05, 0.1) is 11.4 Å². The SMILES string of the molecule is O=C(O)CC1(c2ccc3[nH]cc(Cl)c3c2)CC1. The molecule has 0 aliphatic heterocycles. The fourth-order valence-corrected chi connectivity index (χ4v) is 2.64. The van der Waals surface area contributed by atoms with Gasteiger partial charge in [-0.3, -0.25) is 4.79 Å². The number of aromatic nitrogens is 1. The molecule has 1 aliphatic rings. The zero-order valence-electron chi connectivity index (χ0n) is 9.16. The van der Waals surface area contributed by atoms with Gasteiger partial charge in [0.1, 0.15) is 0 Å². The van der Waals surface area contributed by atoms with Crippen LogP contribution in [0.2, 0.25) is 5.02 Å². The molecule has 4 heteroatoms. The number of aliphatic carboxylic acids is 1. The molecular formula is C13H12ClNO2. The second-order valence-electron chi connectivity index (χ2n) is 4.75. The van der Waals surface area contributed by atoms with Crippen LogP contribution in [0.5, 0.6) is 0 Å². The molecule has 1 aromatic carbocycles. The summed E-state index contributed by atoms with van der Waals surface area (Å²) in [6.07, 6.45) is 3.87. The van der Waals surface area contributed by atoms with E-state index in [0.29, 0.717) is 5.02 Å². The van der Waals surface area contributed by atoms with Crippen LogP contribution in [-0.2, 0) is 10.2 Å². The van der Waals surface area contributed by atoms with Gasteiger partial charge >= 0.3 is 5.97 Å². The van der Waals surface area contributed by atoms with E-state index in [0.717, 1.165) is 29.3 Å². The van der Waals surface area contributed by atoms with Gasteiger partial charge < -0.3 is 10.1 Å². The van der Waals surface area contributed by atoms with Gasteiger partial charge in [-0.05, 0) is 30.5 Å². The molecule has 17 heavy (non-hydrogen) atoms. The van der Waals surface area contributed by atoms with Crippen molar-refractivity contribution in [2.24, 2.45) is 0 Å². The quantitative estimate of drug-likeness (QED) is 0.877. The van der Waals surface area contributed by atoms with E-state index in [-0.39, 0.29) is 11.8 Å². The zero-order valence-corrected chi connectivity index (χ0v) is 9.92. The average Bonchev–Trinajstić information content (AvgIpc) is 2.97. The van der Waals surface area contributed by atoms with Crippen LogP contribution in [0, 0.1) is 0 Å². The Morgan fingerprint density at radius 2 is 2.24 bits per heavy atom. The van der Waals surface area contributed by atoms with Crippen LogP contribution in [0.1, 0.15) is 24.8 Å². The van der Waals surface area contributed by atoms with Crippen LogP contribution >= 0.6 is 11.6 Å². The standard InChI is InChI=1S/C13H12ClNO2/c14-10-7-15-11-2-1-8(5-9(10)11)13(3-4-13)6-12(16)17/h1-2,5,7,15H,3-4,6H2,(H,16,17). The van der Waals surface area contributed by atoms with E-state index < -0.39 is 5.97 Å². The molecule has 0 amide bonds. The van der Waals surface area contributed by atoms with E-state index in [2.05, 4.69) is 4.98 Å². The highest BCUT2D eigenvalue weighted by atomic mass is 35.5. The lowest BCUT2D eigenvalue weighted by molar-refractivity contribution is -0.137. The molecule has 0 spiro atoms. The number of aromatic amines is 1. The number of carbonyl (C=O) groups is 1. The van der Waals surface area contributed by atoms with Crippen LogP contribution in [0.25, 0.3) is 10.9 Å². The number of benzene rings is 1. The molecule has 3 nitrogen and oxygen atoms in total. The Balaban J connectivity index is 2.06. The van der Waals surface area contributed by atoms with E-state index in [1.807, 2.05) is 18.2 Å². The van der Waals surface area contributed by atoms with Crippen LogP contribution in [0.15, 0.2) is 24.4 Å². The summed E-state index contributed by atoms with van der Waals surface area (Å²) in [5.41, 5.74) is 1.93. The molecule has 0 saturated heterocycles. The summed E-state index contributed by atoms with van der Waals surface area (Å²) in [4.78, 5) is 14.0. The number of fused-ring (bicyclic) bond motifs is 1. The lowest BCUT2D eigenvalue weighted by Crippen LogP contribution is -2.12. The highest BCUT2D eigenvalue weighted by Gasteiger charge is 2.46. The lowest BCUT2D eigenvalue weighted by Gasteiger charge is -2.13. The maximum absolute atomic E-state index is 10.9. The predicted molar refractivity (Wildman–Crippen MR) is 66.5 cm³/mol. The lowest BCUT2D eigenvalue weighted by atomic mass is 9.92. The molecular weight excluding hydrogens is 238 g/mol. The number of rotatable bonds is 3. The molecule has 1 aromatic heterocycles. The minimum Gasteiger partial charge on any atom is -0.481 e. The molecule has 0 unspecified atom stereocenters. The molecule has 88 valence electrons. The van der Waals surface area contributed by atoms with Gasteiger partial charge in [-0.1, -0.05) is 17.7 Å². The highest BCUT2D eigenvalue weighted by Crippen LogP contribution is 2.51. The van der Waals surface area contributed by atoms with Crippen LogP contribution in [-0.4, -0.2) is 16.1 Å². The topological polar surface area (TPSA) is 53.1 Å². The molecule has 1 fully saturated rings. The Morgan fingerprint density at radius 1 is 1.47 bits per heavy atom. The molecule has 3 rings (SSSR count). The van der Waals surface area contributed by atoms with Crippen LogP contribution in [0.3, 0.4) is 0 Å². The fraction of sp³-hybridized carbons (Fsp3) is 0.308. The summed E-state index contributed by atoms with van der Waals surface area (Å²) in [6.45, 7) is 0. The van der Waals surface area contributed by atoms with Crippen molar-refractivity contribution in [2.45, 2.75) is 24.7 Å². The number of hydrogen-bond acceptors (Lipinski definition) is 1. The molecule has 1 heterocycles.